The third-order valence-corrected chi connectivity index (χ3v) is 5.59. The van der Waals surface area contributed by atoms with Crippen molar-refractivity contribution in [3.8, 4) is 17.6 Å². The summed E-state index contributed by atoms with van der Waals surface area (Å²) in [5.74, 6) is 0.236. The quantitative estimate of drug-likeness (QED) is 0.213. The first kappa shape index (κ1) is 27.8. The molecule has 0 N–H and O–H groups in total. The van der Waals surface area contributed by atoms with Crippen molar-refractivity contribution >= 4 is 40.8 Å². The number of benzene rings is 2. The minimum atomic E-state index is -0.696. The largest absolute Gasteiger partial charge is 0.453 e. The number of ether oxygens (including phenoxy) is 1. The smallest absolute Gasteiger partial charge is 0.245 e. The van der Waals surface area contributed by atoms with Gasteiger partial charge in [-0.3, -0.25) is 0 Å². The first-order valence-corrected chi connectivity index (χ1v) is 12.0. The summed E-state index contributed by atoms with van der Waals surface area (Å²) in [7, 11) is 0. The molecule has 190 valence electrons. The van der Waals surface area contributed by atoms with Gasteiger partial charge in [0.05, 0.1) is 23.1 Å². The first-order chi connectivity index (χ1) is 17.6. The fourth-order valence-corrected chi connectivity index (χ4v) is 3.47. The molecule has 0 aliphatic carbocycles. The molecule has 0 bridgehead atoms. The molecule has 0 amide bonds. The lowest BCUT2D eigenvalue weighted by Gasteiger charge is -2.12. The van der Waals surface area contributed by atoms with E-state index in [0.29, 0.717) is 17.1 Å². The Morgan fingerprint density at radius 2 is 1.97 bits per heavy atom. The van der Waals surface area contributed by atoms with Crippen LogP contribution < -0.4 is 4.74 Å². The highest BCUT2D eigenvalue weighted by Crippen LogP contribution is 2.36. The Morgan fingerprint density at radius 1 is 1.22 bits per heavy atom. The number of nitriles is 1. The standard InChI is InChI=1S/C27H24Cl2FN5O2/c1-6-9-32-26(15(2)3)33-17(5)16(4)27-35-34-23(37-27)12-19-7-8-22(29)25(24(19)30)36-21-11-18(14-31)10-20(28)13-21/h7-11,13H,2,6,12H2,1,3-5H3/b17-16+,32-9?,33-26?. The molecule has 37 heavy (non-hydrogen) atoms. The van der Waals surface area contributed by atoms with Crippen LogP contribution in [0.25, 0.3) is 5.57 Å². The molecular formula is C27H24Cl2FN5O2. The van der Waals surface area contributed by atoms with Crippen molar-refractivity contribution in [2.24, 2.45) is 9.98 Å². The predicted molar refractivity (Wildman–Crippen MR) is 144 cm³/mol. The zero-order valence-corrected chi connectivity index (χ0v) is 22.3. The number of aromatic nitrogens is 2. The van der Waals surface area contributed by atoms with Crippen LogP contribution >= 0.6 is 23.2 Å². The van der Waals surface area contributed by atoms with Gasteiger partial charge in [0.2, 0.25) is 11.8 Å². The van der Waals surface area contributed by atoms with E-state index in [9.17, 15) is 0 Å². The van der Waals surface area contributed by atoms with Crippen molar-refractivity contribution in [2.75, 3.05) is 0 Å². The molecule has 2 aromatic carbocycles. The highest BCUT2D eigenvalue weighted by Gasteiger charge is 2.19. The summed E-state index contributed by atoms with van der Waals surface area (Å²) in [4.78, 5) is 8.85. The number of halogens is 3. The molecular weight excluding hydrogens is 516 g/mol. The van der Waals surface area contributed by atoms with E-state index in [4.69, 9.17) is 37.6 Å². The summed E-state index contributed by atoms with van der Waals surface area (Å²) < 4.78 is 26.8. The molecule has 7 nitrogen and oxygen atoms in total. The van der Waals surface area contributed by atoms with Crippen LogP contribution in [0.4, 0.5) is 4.39 Å². The van der Waals surface area contributed by atoms with Crippen LogP contribution in [0, 0.1) is 17.1 Å². The molecule has 3 aromatic rings. The molecule has 0 spiro atoms. The lowest BCUT2D eigenvalue weighted by Crippen LogP contribution is -1.98. The van der Waals surface area contributed by atoms with Gasteiger partial charge in [0.15, 0.2) is 17.4 Å². The predicted octanol–water partition coefficient (Wildman–Crippen LogP) is 7.98. The average molecular weight is 540 g/mol. The first-order valence-electron chi connectivity index (χ1n) is 11.3. The van der Waals surface area contributed by atoms with Crippen LogP contribution in [0.15, 0.2) is 62.6 Å². The summed E-state index contributed by atoms with van der Waals surface area (Å²) in [6, 6.07) is 9.35. The molecule has 0 aliphatic heterocycles. The fourth-order valence-electron chi connectivity index (χ4n) is 3.06. The molecule has 3 rings (SSSR count). The van der Waals surface area contributed by atoms with Crippen molar-refractivity contribution in [1.29, 1.82) is 5.26 Å². The molecule has 1 aromatic heterocycles. The van der Waals surface area contributed by atoms with Crippen molar-refractivity contribution in [3.05, 3.63) is 87.0 Å². The second-order valence-corrected chi connectivity index (χ2v) is 8.91. The van der Waals surface area contributed by atoms with Gasteiger partial charge < -0.3 is 9.15 Å². The Bertz CT molecular complexity index is 1470. The lowest BCUT2D eigenvalue weighted by molar-refractivity contribution is 0.436. The highest BCUT2D eigenvalue weighted by molar-refractivity contribution is 6.32. The van der Waals surface area contributed by atoms with Crippen molar-refractivity contribution in [2.45, 2.75) is 40.5 Å². The number of hydrogen-bond acceptors (Lipinski definition) is 6. The van der Waals surface area contributed by atoms with E-state index < -0.39 is 5.82 Å². The number of amidine groups is 1. The molecule has 10 heteroatoms. The maximum absolute atomic E-state index is 15.4. The van der Waals surface area contributed by atoms with E-state index in [1.807, 2.05) is 19.9 Å². The Labute approximate surface area is 224 Å². The second-order valence-electron chi connectivity index (χ2n) is 8.06. The summed E-state index contributed by atoms with van der Waals surface area (Å²) in [6.07, 6.45) is 2.53. The molecule has 0 unspecified atom stereocenters. The van der Waals surface area contributed by atoms with Gasteiger partial charge in [-0.1, -0.05) is 42.8 Å². The number of nitrogens with zero attached hydrogens (tertiary/aromatic N) is 5. The number of allylic oxidation sites excluding steroid dienone is 2. The Morgan fingerprint density at radius 3 is 2.65 bits per heavy atom. The molecule has 0 fully saturated rings. The lowest BCUT2D eigenvalue weighted by atomic mass is 10.1. The van der Waals surface area contributed by atoms with Crippen LogP contribution in [-0.2, 0) is 6.42 Å². The second kappa shape index (κ2) is 12.4. The van der Waals surface area contributed by atoms with Crippen molar-refractivity contribution < 1.29 is 13.5 Å². The van der Waals surface area contributed by atoms with Gasteiger partial charge in [-0.25, -0.2) is 14.4 Å². The minimum absolute atomic E-state index is 0.00123. The molecule has 0 saturated heterocycles. The molecule has 0 atom stereocenters. The maximum Gasteiger partial charge on any atom is 0.245 e. The van der Waals surface area contributed by atoms with Gasteiger partial charge in [-0.05, 0) is 57.0 Å². The van der Waals surface area contributed by atoms with E-state index in [1.54, 1.807) is 20.1 Å². The Balaban J connectivity index is 1.87. The third kappa shape index (κ3) is 7.13. The monoisotopic (exact) mass is 539 g/mol. The minimum Gasteiger partial charge on any atom is -0.453 e. The molecule has 0 saturated carbocycles. The SMILES string of the molecule is C=C(C)C(N=CCC)=N/C(C)=C(\C)c1nnc(Cc2ccc(Cl)c(Oc3cc(Cl)cc(C#N)c3)c2F)o1. The summed E-state index contributed by atoms with van der Waals surface area (Å²) in [5, 5.41) is 17.6. The molecule has 1 heterocycles. The van der Waals surface area contributed by atoms with Crippen molar-refractivity contribution in [1.82, 2.24) is 10.2 Å². The van der Waals surface area contributed by atoms with Crippen LogP contribution in [0.3, 0.4) is 0 Å². The third-order valence-electron chi connectivity index (χ3n) is 5.07. The van der Waals surface area contributed by atoms with Crippen LogP contribution in [0.2, 0.25) is 10.0 Å². The van der Waals surface area contributed by atoms with Crippen LogP contribution in [-0.4, -0.2) is 22.2 Å². The number of hydrogen-bond donors (Lipinski definition) is 0. The van der Waals surface area contributed by atoms with E-state index in [1.165, 1.54) is 30.3 Å². The van der Waals surface area contributed by atoms with Gasteiger partial charge in [-0.2, -0.15) is 5.26 Å². The highest BCUT2D eigenvalue weighted by atomic mass is 35.5. The van der Waals surface area contributed by atoms with Crippen molar-refractivity contribution in [3.63, 3.8) is 0 Å². The van der Waals surface area contributed by atoms with E-state index in [0.717, 1.165) is 12.0 Å². The van der Waals surface area contributed by atoms with Gasteiger partial charge in [0.1, 0.15) is 5.75 Å². The number of rotatable bonds is 8. The Kier molecular flexibility index (Phi) is 9.34. The van der Waals surface area contributed by atoms with E-state index in [2.05, 4.69) is 26.8 Å². The van der Waals surface area contributed by atoms with Gasteiger partial charge in [0.25, 0.3) is 0 Å². The molecule has 0 aliphatic rings. The van der Waals surface area contributed by atoms with Gasteiger partial charge >= 0.3 is 0 Å². The van der Waals surface area contributed by atoms with Gasteiger partial charge in [-0.15, -0.1) is 10.2 Å². The molecule has 0 radical (unpaired) electrons. The topological polar surface area (TPSA) is 96.7 Å². The van der Waals surface area contributed by atoms with Crippen LogP contribution in [0.5, 0.6) is 11.5 Å². The van der Waals surface area contributed by atoms with Crippen LogP contribution in [0.1, 0.15) is 57.0 Å². The van der Waals surface area contributed by atoms with Gasteiger partial charge in [0, 0.05) is 28.1 Å². The normalized spacial score (nSPS) is 12.4. The van der Waals surface area contributed by atoms with E-state index in [-0.39, 0.29) is 50.9 Å². The summed E-state index contributed by atoms with van der Waals surface area (Å²) in [5.41, 5.74) is 2.50. The van der Waals surface area contributed by atoms with E-state index >= 15 is 4.39 Å². The zero-order chi connectivity index (χ0) is 27.1. The Hall–Kier alpha value is -3.80. The number of aliphatic imine (C=N–C) groups is 2. The summed E-state index contributed by atoms with van der Waals surface area (Å²) in [6.45, 7) is 11.3. The maximum atomic E-state index is 15.4. The fraction of sp³-hybridized carbons (Fsp3) is 0.222. The zero-order valence-electron chi connectivity index (χ0n) is 20.8. The summed E-state index contributed by atoms with van der Waals surface area (Å²) >= 11 is 12.2. The average Bonchev–Trinajstić information content (AvgIpc) is 3.33.